The minimum absolute atomic E-state index is 0.0254. The molecular weight excluding hydrogens is 370 g/mol. The quantitative estimate of drug-likeness (QED) is 0.587. The zero-order valence-electron chi connectivity index (χ0n) is 16.6. The van der Waals surface area contributed by atoms with E-state index >= 15 is 0 Å². The highest BCUT2D eigenvalue weighted by Crippen LogP contribution is 2.19. The van der Waals surface area contributed by atoms with E-state index in [0.717, 1.165) is 31.2 Å². The molecule has 0 aromatic heterocycles. The Morgan fingerprint density at radius 1 is 1.17 bits per heavy atom. The first-order valence-corrected chi connectivity index (χ1v) is 10.2. The minimum Gasteiger partial charge on any atom is -0.484 e. The maximum atomic E-state index is 12.4. The predicted molar refractivity (Wildman–Crippen MR) is 108 cm³/mol. The minimum atomic E-state index is -0.323. The predicted octanol–water partition coefficient (Wildman–Crippen LogP) is 2.28. The molecule has 0 spiro atoms. The van der Waals surface area contributed by atoms with Gasteiger partial charge in [-0.05, 0) is 36.6 Å². The van der Waals surface area contributed by atoms with E-state index in [4.69, 9.17) is 9.47 Å². The number of rotatable bonds is 6. The van der Waals surface area contributed by atoms with Gasteiger partial charge in [-0.2, -0.15) is 5.26 Å². The molecule has 1 saturated heterocycles. The fourth-order valence-corrected chi connectivity index (χ4v) is 3.53. The molecule has 0 bridgehead atoms. The average molecular weight is 397 g/mol. The topological polar surface area (TPSA) is 91.7 Å². The molecule has 0 atom stereocenters. The Labute approximate surface area is 171 Å². The Balaban J connectivity index is 1.53. The Bertz CT molecular complexity index is 770. The van der Waals surface area contributed by atoms with Crippen LogP contribution in [0.2, 0.25) is 0 Å². The number of benzene rings is 1. The van der Waals surface area contributed by atoms with Gasteiger partial charge in [0.2, 0.25) is 0 Å². The lowest BCUT2D eigenvalue weighted by Gasteiger charge is -2.26. The number of carbonyl (C=O) groups excluding carboxylic acids is 2. The van der Waals surface area contributed by atoms with E-state index in [1.807, 2.05) is 6.07 Å². The standard InChI is InChI=1S/C22H27N3O4/c23-15-18(22(27)24-19-4-2-1-3-5-19)14-17-6-8-20(9-7-17)29-16-21(26)25-10-12-28-13-11-25/h6-9,14,19H,1-5,10-13,16H2,(H,24,27)/b18-14+. The number of amides is 2. The van der Waals surface area contributed by atoms with Crippen LogP contribution >= 0.6 is 0 Å². The van der Waals surface area contributed by atoms with Crippen LogP contribution in [0.4, 0.5) is 0 Å². The number of ether oxygens (including phenoxy) is 2. The summed E-state index contributed by atoms with van der Waals surface area (Å²) in [4.78, 5) is 26.2. The van der Waals surface area contributed by atoms with Crippen LogP contribution in [0.1, 0.15) is 37.7 Å². The normalized spacial score (nSPS) is 18.0. The molecule has 1 aliphatic carbocycles. The first-order valence-electron chi connectivity index (χ1n) is 10.2. The van der Waals surface area contributed by atoms with Crippen LogP contribution in [-0.4, -0.2) is 55.7 Å². The van der Waals surface area contributed by atoms with E-state index in [2.05, 4.69) is 5.32 Å². The van der Waals surface area contributed by atoms with Crippen molar-refractivity contribution < 1.29 is 19.1 Å². The van der Waals surface area contributed by atoms with E-state index in [1.54, 1.807) is 35.2 Å². The van der Waals surface area contributed by atoms with Crippen molar-refractivity contribution in [1.29, 1.82) is 5.26 Å². The van der Waals surface area contributed by atoms with Gasteiger partial charge in [0, 0.05) is 19.1 Å². The van der Waals surface area contributed by atoms with Crippen LogP contribution < -0.4 is 10.1 Å². The number of hydrogen-bond acceptors (Lipinski definition) is 5. The van der Waals surface area contributed by atoms with Crippen molar-refractivity contribution in [2.45, 2.75) is 38.1 Å². The molecule has 3 rings (SSSR count). The second-order valence-electron chi connectivity index (χ2n) is 7.33. The summed E-state index contributed by atoms with van der Waals surface area (Å²) in [5, 5.41) is 12.3. The molecule has 2 aliphatic rings. The lowest BCUT2D eigenvalue weighted by Crippen LogP contribution is -2.42. The third-order valence-electron chi connectivity index (χ3n) is 5.22. The highest BCUT2D eigenvalue weighted by molar-refractivity contribution is 6.01. The molecule has 1 aromatic rings. The van der Waals surface area contributed by atoms with Gasteiger partial charge in [-0.3, -0.25) is 9.59 Å². The number of nitrogens with one attached hydrogen (secondary N) is 1. The molecule has 0 radical (unpaired) electrons. The van der Waals surface area contributed by atoms with Crippen molar-refractivity contribution in [3.05, 3.63) is 35.4 Å². The molecule has 1 heterocycles. The molecule has 0 unspecified atom stereocenters. The molecule has 1 aliphatic heterocycles. The van der Waals surface area contributed by atoms with E-state index in [9.17, 15) is 14.9 Å². The fourth-order valence-electron chi connectivity index (χ4n) is 3.53. The number of nitrogens with zero attached hydrogens (tertiary/aromatic N) is 2. The van der Waals surface area contributed by atoms with Crippen molar-refractivity contribution in [2.24, 2.45) is 0 Å². The lowest BCUT2D eigenvalue weighted by atomic mass is 9.95. The SMILES string of the molecule is N#C/C(=C\c1ccc(OCC(=O)N2CCOCC2)cc1)C(=O)NC1CCCCC1. The number of hydrogen-bond donors (Lipinski definition) is 1. The summed E-state index contributed by atoms with van der Waals surface area (Å²) in [5.74, 6) is 0.174. The van der Waals surface area contributed by atoms with Gasteiger partial charge in [0.05, 0.1) is 13.2 Å². The third-order valence-corrected chi connectivity index (χ3v) is 5.22. The van der Waals surface area contributed by atoms with Crippen LogP contribution in [-0.2, 0) is 14.3 Å². The van der Waals surface area contributed by atoms with Crippen molar-refractivity contribution >= 4 is 17.9 Å². The van der Waals surface area contributed by atoms with Crippen LogP contribution in [0.15, 0.2) is 29.8 Å². The van der Waals surface area contributed by atoms with Crippen LogP contribution in [0.5, 0.6) is 5.75 Å². The van der Waals surface area contributed by atoms with Gasteiger partial charge in [-0.15, -0.1) is 0 Å². The molecule has 2 fully saturated rings. The van der Waals surface area contributed by atoms with Gasteiger partial charge in [-0.25, -0.2) is 0 Å². The van der Waals surface area contributed by atoms with Crippen molar-refractivity contribution in [1.82, 2.24) is 10.2 Å². The van der Waals surface area contributed by atoms with Gasteiger partial charge in [-0.1, -0.05) is 31.4 Å². The fraction of sp³-hybridized carbons (Fsp3) is 0.500. The largest absolute Gasteiger partial charge is 0.484 e. The zero-order valence-corrected chi connectivity index (χ0v) is 16.6. The number of nitriles is 1. The van der Waals surface area contributed by atoms with Gasteiger partial charge in [0.1, 0.15) is 17.4 Å². The molecule has 154 valence electrons. The lowest BCUT2D eigenvalue weighted by molar-refractivity contribution is -0.137. The maximum Gasteiger partial charge on any atom is 0.262 e. The Hall–Kier alpha value is -2.85. The molecule has 29 heavy (non-hydrogen) atoms. The molecule has 1 aromatic carbocycles. The Morgan fingerprint density at radius 3 is 2.52 bits per heavy atom. The van der Waals surface area contributed by atoms with Gasteiger partial charge in [0.25, 0.3) is 11.8 Å². The first-order chi connectivity index (χ1) is 14.2. The monoisotopic (exact) mass is 397 g/mol. The zero-order chi connectivity index (χ0) is 20.5. The first kappa shape index (κ1) is 20.9. The van der Waals surface area contributed by atoms with E-state index < -0.39 is 0 Å². The summed E-state index contributed by atoms with van der Waals surface area (Å²) in [5.41, 5.74) is 0.818. The molecule has 7 heteroatoms. The molecule has 2 amide bonds. The summed E-state index contributed by atoms with van der Waals surface area (Å²) < 4.78 is 10.8. The van der Waals surface area contributed by atoms with Crippen molar-refractivity contribution in [3.63, 3.8) is 0 Å². The van der Waals surface area contributed by atoms with Gasteiger partial charge < -0.3 is 19.7 Å². The van der Waals surface area contributed by atoms with Crippen LogP contribution in [0.25, 0.3) is 6.08 Å². The Kier molecular flexibility index (Phi) is 7.65. The molecular formula is C22H27N3O4. The summed E-state index contributed by atoms with van der Waals surface area (Å²) >= 11 is 0. The molecule has 1 saturated carbocycles. The second kappa shape index (κ2) is 10.6. The van der Waals surface area contributed by atoms with Gasteiger partial charge >= 0.3 is 0 Å². The van der Waals surface area contributed by atoms with E-state index in [-0.39, 0.29) is 30.0 Å². The van der Waals surface area contributed by atoms with E-state index in [0.29, 0.717) is 32.1 Å². The average Bonchev–Trinajstić information content (AvgIpc) is 2.77. The smallest absolute Gasteiger partial charge is 0.262 e. The highest BCUT2D eigenvalue weighted by Gasteiger charge is 2.19. The third kappa shape index (κ3) is 6.33. The summed E-state index contributed by atoms with van der Waals surface area (Å²) in [6.45, 7) is 2.27. The molecule has 7 nitrogen and oxygen atoms in total. The van der Waals surface area contributed by atoms with E-state index in [1.165, 1.54) is 6.42 Å². The van der Waals surface area contributed by atoms with Crippen LogP contribution in [0, 0.1) is 11.3 Å². The van der Waals surface area contributed by atoms with Gasteiger partial charge in [0.15, 0.2) is 6.61 Å². The van der Waals surface area contributed by atoms with Crippen LogP contribution in [0.3, 0.4) is 0 Å². The summed E-state index contributed by atoms with van der Waals surface area (Å²) in [7, 11) is 0. The number of carbonyl (C=O) groups is 2. The number of morpholine rings is 1. The summed E-state index contributed by atoms with van der Waals surface area (Å²) in [6.07, 6.45) is 6.96. The Morgan fingerprint density at radius 2 is 1.86 bits per heavy atom. The highest BCUT2D eigenvalue weighted by atomic mass is 16.5. The van der Waals surface area contributed by atoms with Crippen molar-refractivity contribution in [3.8, 4) is 11.8 Å². The maximum absolute atomic E-state index is 12.4. The second-order valence-corrected chi connectivity index (χ2v) is 7.33. The van der Waals surface area contributed by atoms with Crippen molar-refractivity contribution in [2.75, 3.05) is 32.9 Å². The molecule has 1 N–H and O–H groups in total. The summed E-state index contributed by atoms with van der Waals surface area (Å²) in [6, 6.07) is 9.13.